The number of thiophene rings is 1. The van der Waals surface area contributed by atoms with E-state index in [2.05, 4.69) is 17.4 Å². The number of hydrogen-bond donors (Lipinski definition) is 2. The Hall–Kier alpha value is -2.41. The van der Waals surface area contributed by atoms with E-state index in [1.54, 1.807) is 16.2 Å². The molecule has 0 aliphatic carbocycles. The largest absolute Gasteiger partial charge is 0.480 e. The fourth-order valence-corrected chi connectivity index (χ4v) is 5.76. The van der Waals surface area contributed by atoms with E-state index in [9.17, 15) is 19.5 Å². The zero-order chi connectivity index (χ0) is 20.0. The lowest BCUT2D eigenvalue weighted by atomic mass is 9.92. The van der Waals surface area contributed by atoms with Crippen molar-refractivity contribution in [2.24, 2.45) is 5.92 Å². The van der Waals surface area contributed by atoms with Gasteiger partial charge in [0.15, 0.2) is 0 Å². The molecule has 2 N–H and O–H groups in total. The summed E-state index contributed by atoms with van der Waals surface area (Å²) in [5, 5.41) is 13.4. The van der Waals surface area contributed by atoms with Crippen molar-refractivity contribution in [1.29, 1.82) is 0 Å². The average Bonchev–Trinajstić information content (AvgIpc) is 3.25. The second kappa shape index (κ2) is 7.20. The Labute approximate surface area is 167 Å². The molecule has 3 heterocycles. The van der Waals surface area contributed by atoms with E-state index in [4.69, 9.17) is 0 Å². The van der Waals surface area contributed by atoms with Crippen LogP contribution in [0.3, 0.4) is 0 Å². The second-order valence-corrected chi connectivity index (χ2v) is 8.81. The molecule has 4 atom stereocenters. The van der Waals surface area contributed by atoms with Crippen molar-refractivity contribution in [1.82, 2.24) is 10.2 Å². The SMILES string of the molecule is CC[C@H](C)[C@H](NC(=O)[C@@H]1Cc2c(sc3ccccc23)[C@H]2CCC(=O)N21)C(=O)O. The number of aliphatic carboxylic acids is 1. The molecule has 7 heteroatoms. The first kappa shape index (κ1) is 18.9. The topological polar surface area (TPSA) is 86.7 Å². The van der Waals surface area contributed by atoms with Gasteiger partial charge in [0.1, 0.15) is 12.1 Å². The van der Waals surface area contributed by atoms with E-state index >= 15 is 0 Å². The summed E-state index contributed by atoms with van der Waals surface area (Å²) >= 11 is 1.70. The minimum Gasteiger partial charge on any atom is -0.480 e. The van der Waals surface area contributed by atoms with E-state index in [1.807, 2.05) is 26.0 Å². The van der Waals surface area contributed by atoms with Crippen LogP contribution in [0.1, 0.15) is 49.6 Å². The first-order chi connectivity index (χ1) is 13.4. The molecule has 2 aliphatic rings. The van der Waals surface area contributed by atoms with Crippen molar-refractivity contribution in [2.75, 3.05) is 0 Å². The Bertz CT molecular complexity index is 953. The van der Waals surface area contributed by atoms with Crippen molar-refractivity contribution in [3.8, 4) is 0 Å². The van der Waals surface area contributed by atoms with Crippen LogP contribution >= 0.6 is 11.3 Å². The molecule has 0 unspecified atom stereocenters. The van der Waals surface area contributed by atoms with Crippen LogP contribution in [0.5, 0.6) is 0 Å². The first-order valence-corrected chi connectivity index (χ1v) is 10.6. The Morgan fingerprint density at radius 2 is 2.11 bits per heavy atom. The van der Waals surface area contributed by atoms with Gasteiger partial charge in [0.25, 0.3) is 0 Å². The van der Waals surface area contributed by atoms with Gasteiger partial charge in [-0.1, -0.05) is 38.5 Å². The van der Waals surface area contributed by atoms with Gasteiger partial charge in [0, 0.05) is 22.4 Å². The minimum atomic E-state index is -1.04. The highest BCUT2D eigenvalue weighted by atomic mass is 32.1. The van der Waals surface area contributed by atoms with Gasteiger partial charge < -0.3 is 15.3 Å². The van der Waals surface area contributed by atoms with Crippen LogP contribution in [0.2, 0.25) is 0 Å². The number of amides is 2. The average molecular weight is 401 g/mol. The van der Waals surface area contributed by atoms with Crippen molar-refractivity contribution in [3.05, 3.63) is 34.7 Å². The highest BCUT2D eigenvalue weighted by molar-refractivity contribution is 7.19. The van der Waals surface area contributed by atoms with Gasteiger partial charge >= 0.3 is 5.97 Å². The molecule has 28 heavy (non-hydrogen) atoms. The molecule has 2 amide bonds. The van der Waals surface area contributed by atoms with Crippen LogP contribution in [0, 0.1) is 5.92 Å². The molecule has 2 aliphatic heterocycles. The molecule has 6 nitrogen and oxygen atoms in total. The molecule has 0 saturated carbocycles. The molecular weight excluding hydrogens is 376 g/mol. The predicted molar refractivity (Wildman–Crippen MR) is 107 cm³/mol. The maximum absolute atomic E-state index is 13.1. The number of carbonyl (C=O) groups excluding carboxylic acids is 2. The van der Waals surface area contributed by atoms with Crippen molar-refractivity contribution >= 4 is 39.2 Å². The number of rotatable bonds is 5. The molecular formula is C21H24N2O4S. The highest BCUT2D eigenvalue weighted by Crippen LogP contribution is 2.47. The van der Waals surface area contributed by atoms with Crippen molar-refractivity contribution < 1.29 is 19.5 Å². The summed E-state index contributed by atoms with van der Waals surface area (Å²) in [6.07, 6.45) is 2.21. The van der Waals surface area contributed by atoms with E-state index in [0.29, 0.717) is 25.7 Å². The summed E-state index contributed by atoms with van der Waals surface area (Å²) < 4.78 is 1.16. The predicted octanol–water partition coefficient (Wildman–Crippen LogP) is 3.11. The molecule has 4 rings (SSSR count). The van der Waals surface area contributed by atoms with E-state index in [1.165, 1.54) is 4.88 Å². The van der Waals surface area contributed by atoms with Gasteiger partial charge in [-0.25, -0.2) is 4.79 Å². The molecule has 1 saturated heterocycles. The molecule has 148 valence electrons. The van der Waals surface area contributed by atoms with Gasteiger partial charge in [0.2, 0.25) is 11.8 Å². The number of fused-ring (bicyclic) bond motifs is 5. The zero-order valence-electron chi connectivity index (χ0n) is 16.0. The third-order valence-corrected chi connectivity index (χ3v) is 7.41. The van der Waals surface area contributed by atoms with Crippen LogP contribution in [-0.2, 0) is 20.8 Å². The highest BCUT2D eigenvalue weighted by Gasteiger charge is 2.46. The number of carboxylic acid groups (broad SMARTS) is 1. The number of hydrogen-bond acceptors (Lipinski definition) is 4. The number of carboxylic acids is 1. The Balaban J connectivity index is 1.70. The maximum Gasteiger partial charge on any atom is 0.326 e. The molecule has 2 aromatic rings. The van der Waals surface area contributed by atoms with E-state index in [0.717, 1.165) is 15.6 Å². The molecule has 1 fully saturated rings. The Morgan fingerprint density at radius 1 is 1.36 bits per heavy atom. The van der Waals surface area contributed by atoms with Gasteiger partial charge in [0.05, 0.1) is 6.04 Å². The van der Waals surface area contributed by atoms with E-state index < -0.39 is 18.1 Å². The number of benzene rings is 1. The van der Waals surface area contributed by atoms with Gasteiger partial charge in [-0.05, 0) is 29.4 Å². The van der Waals surface area contributed by atoms with Gasteiger partial charge in [-0.3, -0.25) is 9.59 Å². The second-order valence-electron chi connectivity index (χ2n) is 7.73. The lowest BCUT2D eigenvalue weighted by Crippen LogP contribution is -2.56. The summed E-state index contributed by atoms with van der Waals surface area (Å²) in [7, 11) is 0. The summed E-state index contributed by atoms with van der Waals surface area (Å²) in [4.78, 5) is 40.2. The number of nitrogens with one attached hydrogen (secondary N) is 1. The molecule has 1 aromatic heterocycles. The fourth-order valence-electron chi connectivity index (χ4n) is 4.39. The van der Waals surface area contributed by atoms with Crippen LogP contribution < -0.4 is 5.32 Å². The summed E-state index contributed by atoms with van der Waals surface area (Å²) in [6.45, 7) is 3.71. The van der Waals surface area contributed by atoms with Crippen LogP contribution in [0.4, 0.5) is 0 Å². The Kier molecular flexibility index (Phi) is 4.87. The molecule has 0 radical (unpaired) electrons. The molecule has 1 aromatic carbocycles. The van der Waals surface area contributed by atoms with Crippen LogP contribution in [0.25, 0.3) is 10.1 Å². The number of nitrogens with zero attached hydrogens (tertiary/aromatic N) is 1. The normalized spacial score (nSPS) is 23.2. The van der Waals surface area contributed by atoms with Crippen molar-refractivity contribution in [3.63, 3.8) is 0 Å². The molecule has 0 bridgehead atoms. The van der Waals surface area contributed by atoms with Gasteiger partial charge in [-0.15, -0.1) is 11.3 Å². The third kappa shape index (κ3) is 2.98. The Morgan fingerprint density at radius 3 is 2.82 bits per heavy atom. The standard InChI is InChI=1S/C21H24N2O4S/c1-3-11(2)18(21(26)27)22-20(25)15-10-13-12-6-4-5-7-16(12)28-19(13)14-8-9-17(24)23(14)15/h4-7,11,14-15,18H,3,8-10H2,1-2H3,(H,22,25)(H,26,27)/t11-,14+,15-,18-/m0/s1. The molecule has 0 spiro atoms. The summed E-state index contributed by atoms with van der Waals surface area (Å²) in [6, 6.07) is 6.42. The maximum atomic E-state index is 13.1. The quantitative estimate of drug-likeness (QED) is 0.807. The fraction of sp³-hybridized carbons (Fsp3) is 0.476. The summed E-state index contributed by atoms with van der Waals surface area (Å²) in [5.74, 6) is -1.62. The summed E-state index contributed by atoms with van der Waals surface area (Å²) in [5.41, 5.74) is 1.13. The third-order valence-electron chi connectivity index (χ3n) is 6.10. The smallest absolute Gasteiger partial charge is 0.326 e. The van der Waals surface area contributed by atoms with Gasteiger partial charge in [-0.2, -0.15) is 0 Å². The lowest BCUT2D eigenvalue weighted by Gasteiger charge is -2.37. The number of carbonyl (C=O) groups is 3. The van der Waals surface area contributed by atoms with Crippen LogP contribution in [0.15, 0.2) is 24.3 Å². The zero-order valence-corrected chi connectivity index (χ0v) is 16.8. The monoisotopic (exact) mass is 400 g/mol. The lowest BCUT2D eigenvalue weighted by molar-refractivity contribution is -0.146. The first-order valence-electron chi connectivity index (χ1n) is 9.77. The minimum absolute atomic E-state index is 0.0244. The van der Waals surface area contributed by atoms with Crippen LogP contribution in [-0.4, -0.2) is 39.9 Å². The van der Waals surface area contributed by atoms with Crippen molar-refractivity contribution in [2.45, 2.75) is 57.7 Å². The van der Waals surface area contributed by atoms with E-state index in [-0.39, 0.29) is 23.8 Å².